The van der Waals surface area contributed by atoms with Crippen LogP contribution in [0.5, 0.6) is 0 Å². The Labute approximate surface area is 61.9 Å². The zero-order valence-corrected chi connectivity index (χ0v) is 6.47. The van der Waals surface area contributed by atoms with E-state index in [1.165, 1.54) is 12.8 Å². The van der Waals surface area contributed by atoms with Crippen molar-refractivity contribution in [2.24, 2.45) is 11.8 Å². The minimum Gasteiger partial charge on any atom is -0.381 e. The van der Waals surface area contributed by atoms with E-state index in [0.29, 0.717) is 0 Å². The van der Waals surface area contributed by atoms with Crippen LogP contribution in [-0.4, -0.2) is 26.3 Å². The van der Waals surface area contributed by atoms with Crippen molar-refractivity contribution >= 4 is 0 Å². The van der Waals surface area contributed by atoms with Crippen molar-refractivity contribution in [1.29, 1.82) is 0 Å². The van der Waals surface area contributed by atoms with Crippen LogP contribution in [0.1, 0.15) is 12.8 Å². The molecule has 0 amide bonds. The Bertz CT molecular complexity index is 114. The van der Waals surface area contributed by atoms with Gasteiger partial charge in [-0.15, -0.1) is 0 Å². The molecule has 1 heterocycles. The summed E-state index contributed by atoms with van der Waals surface area (Å²) in [5.74, 6) is 1.75. The molecule has 1 aliphatic heterocycles. The van der Waals surface area contributed by atoms with E-state index in [0.717, 1.165) is 31.1 Å². The molecule has 2 fully saturated rings. The fourth-order valence-electron chi connectivity index (χ4n) is 2.23. The second-order valence-corrected chi connectivity index (χ2v) is 3.51. The van der Waals surface area contributed by atoms with E-state index in [-0.39, 0.29) is 0 Å². The summed E-state index contributed by atoms with van der Waals surface area (Å²) in [4.78, 5) is 0. The van der Waals surface area contributed by atoms with E-state index < -0.39 is 0 Å². The molecule has 0 spiro atoms. The molecule has 0 bridgehead atoms. The molecule has 2 rings (SSSR count). The third-order valence-electron chi connectivity index (χ3n) is 2.91. The van der Waals surface area contributed by atoms with Gasteiger partial charge in [0.25, 0.3) is 0 Å². The van der Waals surface area contributed by atoms with Gasteiger partial charge >= 0.3 is 0 Å². The van der Waals surface area contributed by atoms with Gasteiger partial charge in [-0.2, -0.15) is 0 Å². The van der Waals surface area contributed by atoms with Gasteiger partial charge in [0.05, 0.1) is 0 Å². The molecule has 0 aromatic heterocycles. The minimum absolute atomic E-state index is 0.777. The van der Waals surface area contributed by atoms with E-state index in [4.69, 9.17) is 4.74 Å². The SMILES string of the molecule is CNC1C[C@H]2COC[C@H]2C1. The lowest BCUT2D eigenvalue weighted by Crippen LogP contribution is -2.22. The van der Waals surface area contributed by atoms with Gasteiger partial charge in [0.2, 0.25) is 0 Å². The van der Waals surface area contributed by atoms with Gasteiger partial charge in [-0.25, -0.2) is 0 Å². The van der Waals surface area contributed by atoms with Gasteiger partial charge in [-0.3, -0.25) is 0 Å². The summed E-state index contributed by atoms with van der Waals surface area (Å²) in [5, 5.41) is 3.34. The maximum absolute atomic E-state index is 5.38. The Hall–Kier alpha value is -0.0800. The Balaban J connectivity index is 1.94. The Kier molecular flexibility index (Phi) is 1.66. The fraction of sp³-hybridized carbons (Fsp3) is 1.00. The summed E-state index contributed by atoms with van der Waals surface area (Å²) in [6.45, 7) is 2.03. The van der Waals surface area contributed by atoms with Crippen LogP contribution in [-0.2, 0) is 4.74 Å². The molecule has 1 aliphatic carbocycles. The first-order valence-corrected chi connectivity index (χ1v) is 4.15. The van der Waals surface area contributed by atoms with E-state index in [1.54, 1.807) is 0 Å². The second-order valence-electron chi connectivity index (χ2n) is 3.51. The van der Waals surface area contributed by atoms with E-state index >= 15 is 0 Å². The molecule has 1 unspecified atom stereocenters. The highest BCUT2D eigenvalue weighted by molar-refractivity contribution is 4.89. The molecule has 1 N–H and O–H groups in total. The lowest BCUT2D eigenvalue weighted by atomic mass is 10.0. The first-order valence-electron chi connectivity index (χ1n) is 4.15. The Morgan fingerprint density at radius 2 is 1.80 bits per heavy atom. The molecule has 0 aromatic rings. The monoisotopic (exact) mass is 141 g/mol. The van der Waals surface area contributed by atoms with E-state index in [1.807, 2.05) is 0 Å². The van der Waals surface area contributed by atoms with Crippen molar-refractivity contribution in [3.05, 3.63) is 0 Å². The summed E-state index contributed by atoms with van der Waals surface area (Å²) in [7, 11) is 2.06. The van der Waals surface area contributed by atoms with E-state index in [9.17, 15) is 0 Å². The number of hydrogen-bond acceptors (Lipinski definition) is 2. The molecule has 1 saturated carbocycles. The first kappa shape index (κ1) is 6.62. The summed E-state index contributed by atoms with van der Waals surface area (Å²) in [5.41, 5.74) is 0. The number of hydrogen-bond donors (Lipinski definition) is 1. The second kappa shape index (κ2) is 2.51. The summed E-state index contributed by atoms with van der Waals surface area (Å²) in [6.07, 6.45) is 2.67. The molecule has 0 aromatic carbocycles. The molecule has 2 heteroatoms. The van der Waals surface area contributed by atoms with Gasteiger partial charge in [-0.1, -0.05) is 0 Å². The predicted octanol–water partition coefficient (Wildman–Crippen LogP) is 0.631. The third-order valence-corrected chi connectivity index (χ3v) is 2.91. The zero-order chi connectivity index (χ0) is 6.97. The van der Waals surface area contributed by atoms with Crippen LogP contribution in [0, 0.1) is 11.8 Å². The predicted molar refractivity (Wildman–Crippen MR) is 39.9 cm³/mol. The summed E-state index contributed by atoms with van der Waals surface area (Å²) in [6, 6.07) is 0.777. The van der Waals surface area contributed by atoms with Crippen LogP contribution in [0.2, 0.25) is 0 Å². The lowest BCUT2D eigenvalue weighted by molar-refractivity contribution is 0.170. The number of ether oxygens (including phenoxy) is 1. The van der Waals surface area contributed by atoms with Crippen molar-refractivity contribution in [1.82, 2.24) is 5.32 Å². The van der Waals surface area contributed by atoms with Crippen LogP contribution in [0.15, 0.2) is 0 Å². The molecular weight excluding hydrogens is 126 g/mol. The van der Waals surface area contributed by atoms with Gasteiger partial charge in [0.1, 0.15) is 0 Å². The first-order chi connectivity index (χ1) is 4.90. The normalized spacial score (nSPS) is 45.9. The molecule has 0 radical (unpaired) electrons. The van der Waals surface area contributed by atoms with Crippen molar-refractivity contribution in [2.75, 3.05) is 20.3 Å². The zero-order valence-electron chi connectivity index (χ0n) is 6.47. The maximum atomic E-state index is 5.38. The average molecular weight is 141 g/mol. The van der Waals surface area contributed by atoms with Crippen LogP contribution < -0.4 is 5.32 Å². The summed E-state index contributed by atoms with van der Waals surface area (Å²) >= 11 is 0. The van der Waals surface area contributed by atoms with Crippen molar-refractivity contribution < 1.29 is 4.74 Å². The highest BCUT2D eigenvalue weighted by Gasteiger charge is 2.37. The highest BCUT2D eigenvalue weighted by atomic mass is 16.5. The highest BCUT2D eigenvalue weighted by Crippen LogP contribution is 2.36. The summed E-state index contributed by atoms with van der Waals surface area (Å²) < 4.78 is 5.38. The topological polar surface area (TPSA) is 21.3 Å². The van der Waals surface area contributed by atoms with Crippen LogP contribution in [0.25, 0.3) is 0 Å². The van der Waals surface area contributed by atoms with Crippen molar-refractivity contribution in [3.8, 4) is 0 Å². The minimum atomic E-state index is 0.777. The van der Waals surface area contributed by atoms with Gasteiger partial charge in [0.15, 0.2) is 0 Å². The quantitative estimate of drug-likeness (QED) is 0.578. The average Bonchev–Trinajstić information content (AvgIpc) is 2.42. The number of nitrogens with one attached hydrogen (secondary N) is 1. The molecule has 10 heavy (non-hydrogen) atoms. The van der Waals surface area contributed by atoms with Gasteiger partial charge in [0, 0.05) is 19.3 Å². The number of rotatable bonds is 1. The maximum Gasteiger partial charge on any atom is 0.0498 e. The Morgan fingerprint density at radius 3 is 2.30 bits per heavy atom. The van der Waals surface area contributed by atoms with Crippen molar-refractivity contribution in [3.63, 3.8) is 0 Å². The number of fused-ring (bicyclic) bond motifs is 1. The fourth-order valence-corrected chi connectivity index (χ4v) is 2.23. The van der Waals surface area contributed by atoms with Crippen LogP contribution in [0.3, 0.4) is 0 Å². The largest absolute Gasteiger partial charge is 0.381 e. The molecule has 2 aliphatic rings. The Morgan fingerprint density at radius 1 is 1.20 bits per heavy atom. The van der Waals surface area contributed by atoms with E-state index in [2.05, 4.69) is 12.4 Å². The molecule has 58 valence electrons. The third kappa shape index (κ3) is 0.956. The van der Waals surface area contributed by atoms with Crippen LogP contribution >= 0.6 is 0 Å². The molecule has 3 atom stereocenters. The standard InChI is InChI=1S/C8H15NO/c1-9-8-2-6-4-10-5-7(6)3-8/h6-9H,2-5H2,1H3/t6-,7+,8?. The van der Waals surface area contributed by atoms with Crippen LogP contribution in [0.4, 0.5) is 0 Å². The molecule has 2 nitrogen and oxygen atoms in total. The molecule has 1 saturated heterocycles. The smallest absolute Gasteiger partial charge is 0.0498 e. The van der Waals surface area contributed by atoms with Gasteiger partial charge < -0.3 is 10.1 Å². The van der Waals surface area contributed by atoms with Gasteiger partial charge in [-0.05, 0) is 31.7 Å². The van der Waals surface area contributed by atoms with Crippen molar-refractivity contribution in [2.45, 2.75) is 18.9 Å². The molecular formula is C8H15NO. The lowest BCUT2D eigenvalue weighted by Gasteiger charge is -2.07.